The van der Waals surface area contributed by atoms with E-state index >= 15 is 0 Å². The van der Waals surface area contributed by atoms with Crippen molar-refractivity contribution in [1.82, 2.24) is 0 Å². The summed E-state index contributed by atoms with van der Waals surface area (Å²) in [5, 5.41) is 12.8. The summed E-state index contributed by atoms with van der Waals surface area (Å²) in [6.45, 7) is 7.23. The van der Waals surface area contributed by atoms with Gasteiger partial charge in [0.25, 0.3) is 0 Å². The quantitative estimate of drug-likeness (QED) is 0.606. The number of esters is 1. The summed E-state index contributed by atoms with van der Waals surface area (Å²) in [5.74, 6) is -3.23. The Hall–Kier alpha value is -2.15. The van der Waals surface area contributed by atoms with E-state index in [-0.39, 0.29) is 23.8 Å². The molecule has 1 amide bonds. The topological polar surface area (TPSA) is 92.7 Å². The van der Waals surface area contributed by atoms with Crippen molar-refractivity contribution in [2.45, 2.75) is 40.2 Å². The molecule has 1 aromatic heterocycles. The molecule has 1 saturated carbocycles. The molecule has 2 bridgehead atoms. The third-order valence-electron chi connectivity index (χ3n) is 5.22. The second-order valence-corrected chi connectivity index (χ2v) is 8.49. The number of aryl methyl sites for hydroxylation is 1. The summed E-state index contributed by atoms with van der Waals surface area (Å²) in [7, 11) is 0. The third-order valence-corrected chi connectivity index (χ3v) is 6.34. The molecule has 2 aliphatic carbocycles. The van der Waals surface area contributed by atoms with Gasteiger partial charge in [0, 0.05) is 4.88 Å². The van der Waals surface area contributed by atoms with Crippen LogP contribution in [-0.2, 0) is 14.3 Å². The molecule has 140 valence electrons. The van der Waals surface area contributed by atoms with Gasteiger partial charge in [-0.05, 0) is 51.5 Å². The zero-order chi connectivity index (χ0) is 19.2. The number of nitrogens with one attached hydrogen (secondary N) is 1. The lowest BCUT2D eigenvalue weighted by Gasteiger charge is -2.23. The van der Waals surface area contributed by atoms with E-state index in [9.17, 15) is 19.5 Å². The molecular formula is C19H23NO5S. The minimum absolute atomic E-state index is 0.0608. The molecule has 3 rings (SSSR count). The highest BCUT2D eigenvalue weighted by Gasteiger charge is 2.51. The van der Waals surface area contributed by atoms with Crippen LogP contribution in [0.15, 0.2) is 12.2 Å². The first-order valence-corrected chi connectivity index (χ1v) is 9.55. The molecule has 4 atom stereocenters. The van der Waals surface area contributed by atoms with E-state index in [1.54, 1.807) is 13.8 Å². The number of aliphatic carboxylic acids is 1. The summed E-state index contributed by atoms with van der Waals surface area (Å²) >= 11 is 1.31. The Morgan fingerprint density at radius 1 is 1.19 bits per heavy atom. The van der Waals surface area contributed by atoms with Crippen LogP contribution in [-0.4, -0.2) is 29.1 Å². The molecule has 0 spiro atoms. The van der Waals surface area contributed by atoms with Crippen molar-refractivity contribution < 1.29 is 24.2 Å². The Balaban J connectivity index is 1.86. The van der Waals surface area contributed by atoms with Gasteiger partial charge in [0.15, 0.2) is 0 Å². The van der Waals surface area contributed by atoms with Crippen LogP contribution in [0, 0.1) is 37.5 Å². The first kappa shape index (κ1) is 18.6. The number of ether oxygens (including phenoxy) is 1. The molecule has 0 unspecified atom stereocenters. The zero-order valence-corrected chi connectivity index (χ0v) is 16.1. The molecule has 0 saturated heterocycles. The van der Waals surface area contributed by atoms with Crippen LogP contribution in [0.25, 0.3) is 0 Å². The SMILES string of the molecule is Cc1sc(NC(=O)[C@H]2[C@H](C(=O)O)[C@H]3C=C[C@H]2C3)c(C(=O)OC(C)C)c1C. The van der Waals surface area contributed by atoms with Crippen molar-refractivity contribution in [3.8, 4) is 0 Å². The van der Waals surface area contributed by atoms with Crippen LogP contribution in [0.1, 0.15) is 41.1 Å². The fraction of sp³-hybridized carbons (Fsp3) is 0.526. The van der Waals surface area contributed by atoms with E-state index < -0.39 is 23.8 Å². The van der Waals surface area contributed by atoms with Gasteiger partial charge < -0.3 is 15.2 Å². The van der Waals surface area contributed by atoms with Crippen LogP contribution < -0.4 is 5.32 Å². The first-order valence-electron chi connectivity index (χ1n) is 8.73. The number of carboxylic acid groups (broad SMARTS) is 1. The number of amides is 1. The van der Waals surface area contributed by atoms with Gasteiger partial charge in [-0.15, -0.1) is 11.3 Å². The number of hydrogen-bond donors (Lipinski definition) is 2. The Bertz CT molecular complexity index is 794. The van der Waals surface area contributed by atoms with Crippen molar-refractivity contribution in [3.05, 3.63) is 28.2 Å². The number of carboxylic acids is 1. The van der Waals surface area contributed by atoms with Crippen LogP contribution >= 0.6 is 11.3 Å². The summed E-state index contributed by atoms with van der Waals surface area (Å²) in [5.41, 5.74) is 1.14. The second-order valence-electron chi connectivity index (χ2n) is 7.27. The fourth-order valence-corrected chi connectivity index (χ4v) is 5.00. The highest BCUT2D eigenvalue weighted by atomic mass is 32.1. The van der Waals surface area contributed by atoms with Crippen LogP contribution in [0.5, 0.6) is 0 Å². The largest absolute Gasteiger partial charge is 0.481 e. The minimum Gasteiger partial charge on any atom is -0.481 e. The number of carbonyl (C=O) groups excluding carboxylic acids is 2. The van der Waals surface area contributed by atoms with Gasteiger partial charge in [-0.25, -0.2) is 4.79 Å². The normalized spacial score (nSPS) is 26.3. The molecule has 0 aliphatic heterocycles. The van der Waals surface area contributed by atoms with E-state index in [1.165, 1.54) is 11.3 Å². The van der Waals surface area contributed by atoms with Gasteiger partial charge in [-0.1, -0.05) is 12.2 Å². The van der Waals surface area contributed by atoms with Crippen LogP contribution in [0.4, 0.5) is 5.00 Å². The lowest BCUT2D eigenvalue weighted by molar-refractivity contribution is -0.146. The number of allylic oxidation sites excluding steroid dienone is 2. The number of rotatable bonds is 5. The molecule has 1 aromatic rings. The second kappa shape index (κ2) is 6.87. The average Bonchev–Trinajstić information content (AvgIpc) is 3.20. The van der Waals surface area contributed by atoms with Crippen LogP contribution in [0.2, 0.25) is 0 Å². The molecule has 0 radical (unpaired) electrons. The summed E-state index contributed by atoms with van der Waals surface area (Å²) in [6, 6.07) is 0. The predicted octanol–water partition coefficient (Wildman–Crippen LogP) is 3.39. The maximum absolute atomic E-state index is 12.9. The summed E-state index contributed by atoms with van der Waals surface area (Å²) < 4.78 is 5.30. The van der Waals surface area contributed by atoms with Gasteiger partial charge >= 0.3 is 11.9 Å². The van der Waals surface area contributed by atoms with Gasteiger partial charge in [0.05, 0.1) is 23.5 Å². The molecule has 1 fully saturated rings. The van der Waals surface area contributed by atoms with Crippen LogP contribution in [0.3, 0.4) is 0 Å². The molecule has 2 aliphatic rings. The highest BCUT2D eigenvalue weighted by Crippen LogP contribution is 2.48. The van der Waals surface area contributed by atoms with Crippen molar-refractivity contribution in [2.24, 2.45) is 23.7 Å². The van der Waals surface area contributed by atoms with Crippen molar-refractivity contribution in [3.63, 3.8) is 0 Å². The Labute approximate surface area is 156 Å². The predicted molar refractivity (Wildman–Crippen MR) is 98.3 cm³/mol. The average molecular weight is 377 g/mol. The number of thiophene rings is 1. The minimum atomic E-state index is -0.944. The van der Waals surface area contributed by atoms with E-state index in [0.717, 1.165) is 10.4 Å². The van der Waals surface area contributed by atoms with E-state index in [2.05, 4.69) is 5.32 Å². The summed E-state index contributed by atoms with van der Waals surface area (Å²) in [6.07, 6.45) is 4.27. The first-order chi connectivity index (χ1) is 12.2. The molecular weight excluding hydrogens is 354 g/mol. The number of carbonyl (C=O) groups is 3. The summed E-state index contributed by atoms with van der Waals surface area (Å²) in [4.78, 5) is 37.9. The molecule has 2 N–H and O–H groups in total. The number of anilines is 1. The van der Waals surface area contributed by atoms with Crippen molar-refractivity contribution in [2.75, 3.05) is 5.32 Å². The van der Waals surface area contributed by atoms with E-state index in [1.807, 2.05) is 26.0 Å². The molecule has 1 heterocycles. The Morgan fingerprint density at radius 3 is 2.38 bits per heavy atom. The van der Waals surface area contributed by atoms with E-state index in [0.29, 0.717) is 17.0 Å². The smallest absolute Gasteiger partial charge is 0.341 e. The standard InChI is InChI=1S/C19H23NO5S/c1-8(2)25-19(24)13-9(3)10(4)26-17(13)20-16(21)14-11-5-6-12(7-11)15(14)18(22)23/h5-6,8,11-12,14-15H,7H2,1-4H3,(H,20,21)(H,22,23)/t11-,12-,14+,15+/m0/s1. The van der Waals surface area contributed by atoms with Gasteiger partial charge in [-0.3, -0.25) is 9.59 Å². The Kier molecular flexibility index (Phi) is 4.92. The maximum Gasteiger partial charge on any atom is 0.341 e. The van der Waals surface area contributed by atoms with Crippen molar-refractivity contribution in [1.29, 1.82) is 0 Å². The highest BCUT2D eigenvalue weighted by molar-refractivity contribution is 7.16. The van der Waals surface area contributed by atoms with Crippen molar-refractivity contribution >= 4 is 34.2 Å². The fourth-order valence-electron chi connectivity index (χ4n) is 3.95. The lowest BCUT2D eigenvalue weighted by atomic mass is 9.82. The van der Waals surface area contributed by atoms with Gasteiger partial charge in [0.2, 0.25) is 5.91 Å². The molecule has 0 aromatic carbocycles. The maximum atomic E-state index is 12.9. The molecule has 26 heavy (non-hydrogen) atoms. The zero-order valence-electron chi connectivity index (χ0n) is 15.2. The monoisotopic (exact) mass is 377 g/mol. The van der Waals surface area contributed by atoms with Gasteiger partial charge in [0.1, 0.15) is 5.00 Å². The Morgan fingerprint density at radius 2 is 1.81 bits per heavy atom. The third kappa shape index (κ3) is 3.16. The number of hydrogen-bond acceptors (Lipinski definition) is 5. The molecule has 6 nitrogen and oxygen atoms in total. The lowest BCUT2D eigenvalue weighted by Crippen LogP contribution is -2.36. The number of fused-ring (bicyclic) bond motifs is 2. The van der Waals surface area contributed by atoms with Gasteiger partial charge in [-0.2, -0.15) is 0 Å². The van der Waals surface area contributed by atoms with E-state index in [4.69, 9.17) is 4.74 Å². The molecule has 7 heteroatoms.